The van der Waals surface area contributed by atoms with E-state index in [1.54, 1.807) is 6.92 Å². The van der Waals surface area contributed by atoms with Crippen LogP contribution in [0.2, 0.25) is 0 Å². The first-order valence-electron chi connectivity index (χ1n) is 9.05. The lowest BCUT2D eigenvalue weighted by Crippen LogP contribution is -2.43. The summed E-state index contributed by atoms with van der Waals surface area (Å²) in [6, 6.07) is 0. The van der Waals surface area contributed by atoms with Gasteiger partial charge in [-0.2, -0.15) is 0 Å². The van der Waals surface area contributed by atoms with Crippen LogP contribution in [0, 0.1) is 23.7 Å². The summed E-state index contributed by atoms with van der Waals surface area (Å²) in [5.74, 6) is 2.17. The third kappa shape index (κ3) is 3.96. The van der Waals surface area contributed by atoms with Gasteiger partial charge in [0.2, 0.25) is 0 Å². The van der Waals surface area contributed by atoms with E-state index in [1.165, 1.54) is 32.1 Å². The Hall–Kier alpha value is -1.32. The molecule has 3 saturated carbocycles. The van der Waals surface area contributed by atoms with Crippen LogP contribution in [0.1, 0.15) is 58.3 Å². The average molecular weight is 320 g/mol. The average Bonchev–Trinajstić information content (AvgIpc) is 2.94. The molecule has 23 heavy (non-hydrogen) atoms. The molecule has 4 aliphatic rings. The van der Waals surface area contributed by atoms with Crippen molar-refractivity contribution in [1.82, 2.24) is 0 Å². The van der Waals surface area contributed by atoms with Crippen LogP contribution in [0.3, 0.4) is 0 Å². The van der Waals surface area contributed by atoms with Gasteiger partial charge in [-0.3, -0.25) is 4.79 Å². The van der Waals surface area contributed by atoms with Crippen LogP contribution in [0.15, 0.2) is 12.2 Å². The Morgan fingerprint density at radius 1 is 1.26 bits per heavy atom. The lowest BCUT2D eigenvalue weighted by Gasteiger charge is -2.46. The minimum Gasteiger partial charge on any atom is -0.465 e. The van der Waals surface area contributed by atoms with E-state index < -0.39 is 0 Å². The Bertz CT molecular complexity index is 484. The molecular weight excluding hydrogens is 292 g/mol. The Labute approximate surface area is 138 Å². The van der Waals surface area contributed by atoms with E-state index in [-0.39, 0.29) is 18.0 Å². The van der Waals surface area contributed by atoms with Gasteiger partial charge in [-0.1, -0.05) is 19.4 Å². The van der Waals surface area contributed by atoms with Crippen molar-refractivity contribution in [3.63, 3.8) is 0 Å². The Kier molecular flexibility index (Phi) is 5.08. The van der Waals surface area contributed by atoms with Crippen molar-refractivity contribution in [1.29, 1.82) is 0 Å². The molecule has 1 heterocycles. The summed E-state index contributed by atoms with van der Waals surface area (Å²) in [5, 5.41) is 0. The zero-order valence-electron chi connectivity index (χ0n) is 14.1. The second-order valence-electron chi connectivity index (χ2n) is 7.74. The number of cyclic esters (lactones) is 1. The van der Waals surface area contributed by atoms with Crippen LogP contribution >= 0.6 is 0 Å². The van der Waals surface area contributed by atoms with Gasteiger partial charge < -0.3 is 9.47 Å². The molecule has 3 aliphatic carbocycles. The molecule has 0 amide bonds. The largest absolute Gasteiger partial charge is 0.465 e. The monoisotopic (exact) mass is 320 g/mol. The standard InChI is InChI=1S/C19H28O4/c1-12(2)19(21)23-17-10-15-6-7-16(17)9-14(15)5-3-4-13-8-18(20)22-11-13/h13-17H,1,3-11H2,2H3. The van der Waals surface area contributed by atoms with Crippen LogP contribution < -0.4 is 0 Å². The predicted molar refractivity (Wildman–Crippen MR) is 86.5 cm³/mol. The molecule has 4 rings (SSSR count). The first-order chi connectivity index (χ1) is 11.0. The highest BCUT2D eigenvalue weighted by Crippen LogP contribution is 2.48. The summed E-state index contributed by atoms with van der Waals surface area (Å²) in [5.41, 5.74) is 0.497. The highest BCUT2D eigenvalue weighted by atomic mass is 16.5. The van der Waals surface area contributed by atoms with E-state index in [0.717, 1.165) is 18.8 Å². The van der Waals surface area contributed by atoms with Crippen LogP contribution in [0.4, 0.5) is 0 Å². The topological polar surface area (TPSA) is 52.6 Å². The number of ether oxygens (including phenoxy) is 2. The van der Waals surface area contributed by atoms with Gasteiger partial charge in [0.25, 0.3) is 0 Å². The lowest BCUT2D eigenvalue weighted by molar-refractivity contribution is -0.155. The molecule has 0 spiro atoms. The van der Waals surface area contributed by atoms with Crippen molar-refractivity contribution in [2.24, 2.45) is 23.7 Å². The molecule has 1 aliphatic heterocycles. The van der Waals surface area contributed by atoms with Crippen LogP contribution in [-0.2, 0) is 19.1 Å². The predicted octanol–water partition coefficient (Wildman–Crippen LogP) is 3.64. The van der Waals surface area contributed by atoms with Crippen molar-refractivity contribution >= 4 is 11.9 Å². The van der Waals surface area contributed by atoms with E-state index in [1.807, 2.05) is 0 Å². The summed E-state index contributed by atoms with van der Waals surface area (Å²) in [6.07, 6.45) is 8.94. The summed E-state index contributed by atoms with van der Waals surface area (Å²) < 4.78 is 10.7. The zero-order chi connectivity index (χ0) is 16.4. The Morgan fingerprint density at radius 2 is 2.04 bits per heavy atom. The molecule has 0 aromatic heterocycles. The molecule has 0 aromatic carbocycles. The van der Waals surface area contributed by atoms with Crippen molar-refractivity contribution in [3.05, 3.63) is 12.2 Å². The minimum absolute atomic E-state index is 0.0334. The number of carbonyl (C=O) groups is 2. The molecule has 1 saturated heterocycles. The summed E-state index contributed by atoms with van der Waals surface area (Å²) >= 11 is 0. The maximum absolute atomic E-state index is 11.8. The maximum Gasteiger partial charge on any atom is 0.333 e. The fourth-order valence-electron chi connectivity index (χ4n) is 4.66. The second kappa shape index (κ2) is 7.06. The highest BCUT2D eigenvalue weighted by Gasteiger charge is 2.43. The van der Waals surface area contributed by atoms with Crippen molar-refractivity contribution in [3.8, 4) is 0 Å². The first-order valence-corrected chi connectivity index (χ1v) is 9.05. The van der Waals surface area contributed by atoms with E-state index in [4.69, 9.17) is 9.47 Å². The van der Waals surface area contributed by atoms with Crippen molar-refractivity contribution in [2.45, 2.75) is 64.4 Å². The number of fused-ring (bicyclic) bond motifs is 3. The van der Waals surface area contributed by atoms with E-state index >= 15 is 0 Å². The maximum atomic E-state index is 11.8. The Balaban J connectivity index is 1.43. The zero-order valence-corrected chi connectivity index (χ0v) is 14.1. The fourth-order valence-corrected chi connectivity index (χ4v) is 4.66. The van der Waals surface area contributed by atoms with E-state index in [0.29, 0.717) is 36.4 Å². The summed E-state index contributed by atoms with van der Waals surface area (Å²) in [6.45, 7) is 6.00. The first kappa shape index (κ1) is 16.5. The van der Waals surface area contributed by atoms with Crippen LogP contribution in [0.25, 0.3) is 0 Å². The number of hydrogen-bond donors (Lipinski definition) is 0. The number of carbonyl (C=O) groups excluding carboxylic acids is 2. The van der Waals surface area contributed by atoms with Gasteiger partial charge in [-0.25, -0.2) is 4.79 Å². The van der Waals surface area contributed by atoms with Crippen LogP contribution in [0.5, 0.6) is 0 Å². The second-order valence-corrected chi connectivity index (χ2v) is 7.74. The quantitative estimate of drug-likeness (QED) is 0.554. The summed E-state index contributed by atoms with van der Waals surface area (Å²) in [4.78, 5) is 22.9. The van der Waals surface area contributed by atoms with Gasteiger partial charge in [-0.15, -0.1) is 0 Å². The lowest BCUT2D eigenvalue weighted by atomic mass is 9.62. The molecule has 0 aromatic rings. The summed E-state index contributed by atoms with van der Waals surface area (Å²) in [7, 11) is 0. The van der Waals surface area contributed by atoms with Gasteiger partial charge in [0.1, 0.15) is 6.10 Å². The highest BCUT2D eigenvalue weighted by molar-refractivity contribution is 5.87. The molecule has 4 nitrogen and oxygen atoms in total. The molecule has 0 N–H and O–H groups in total. The SMILES string of the molecule is C=C(C)C(=O)OC1CC2CCC1CC2CCCC1COC(=O)C1. The molecule has 128 valence electrons. The van der Waals surface area contributed by atoms with Gasteiger partial charge >= 0.3 is 11.9 Å². The third-order valence-corrected chi connectivity index (χ3v) is 5.97. The van der Waals surface area contributed by atoms with Crippen molar-refractivity contribution < 1.29 is 19.1 Å². The van der Waals surface area contributed by atoms with Crippen LogP contribution in [-0.4, -0.2) is 24.6 Å². The van der Waals surface area contributed by atoms with Crippen molar-refractivity contribution in [2.75, 3.05) is 6.61 Å². The molecule has 5 unspecified atom stereocenters. The van der Waals surface area contributed by atoms with E-state index in [9.17, 15) is 9.59 Å². The third-order valence-electron chi connectivity index (χ3n) is 5.97. The van der Waals surface area contributed by atoms with Gasteiger partial charge in [-0.05, 0) is 56.8 Å². The number of esters is 2. The molecule has 4 fully saturated rings. The molecule has 0 radical (unpaired) electrons. The minimum atomic E-state index is -0.231. The van der Waals surface area contributed by atoms with Gasteiger partial charge in [0, 0.05) is 11.5 Å². The van der Waals surface area contributed by atoms with E-state index in [2.05, 4.69) is 6.58 Å². The van der Waals surface area contributed by atoms with Gasteiger partial charge in [0.15, 0.2) is 0 Å². The number of rotatable bonds is 6. The smallest absolute Gasteiger partial charge is 0.333 e. The normalized spacial score (nSPS) is 35.9. The number of hydrogen-bond acceptors (Lipinski definition) is 4. The fraction of sp³-hybridized carbons (Fsp3) is 0.789. The molecular formula is C19H28O4. The molecule has 2 bridgehead atoms. The van der Waals surface area contributed by atoms with Gasteiger partial charge in [0.05, 0.1) is 13.0 Å². The molecule has 4 heteroatoms. The Morgan fingerprint density at radius 3 is 2.65 bits per heavy atom. The molecule has 5 atom stereocenters.